The summed E-state index contributed by atoms with van der Waals surface area (Å²) < 4.78 is 5.34. The molecule has 5 nitrogen and oxygen atoms in total. The molecule has 0 aliphatic carbocycles. The minimum Gasteiger partial charge on any atom is -0.484 e. The summed E-state index contributed by atoms with van der Waals surface area (Å²) in [5.74, 6) is -0.0703. The number of rotatable bonds is 5. The molecule has 0 heterocycles. The Kier molecular flexibility index (Phi) is 5.84. The molecule has 2 amide bonds. The van der Waals surface area contributed by atoms with Gasteiger partial charge in [0.2, 0.25) is 0 Å². The minimum absolute atomic E-state index is 0.171. The van der Waals surface area contributed by atoms with Crippen molar-refractivity contribution in [2.45, 2.75) is 0 Å². The lowest BCUT2D eigenvalue weighted by atomic mass is 10.2. The molecule has 23 heavy (non-hydrogen) atoms. The highest BCUT2D eigenvalue weighted by molar-refractivity contribution is 6.42. The molecule has 0 saturated carbocycles. The van der Waals surface area contributed by atoms with E-state index in [2.05, 4.69) is 10.6 Å². The van der Waals surface area contributed by atoms with Crippen LogP contribution in [0, 0.1) is 0 Å². The maximum Gasteiger partial charge on any atom is 0.262 e. The van der Waals surface area contributed by atoms with Crippen LogP contribution in [0.1, 0.15) is 10.4 Å². The third-order valence-corrected chi connectivity index (χ3v) is 3.66. The quantitative estimate of drug-likeness (QED) is 0.866. The van der Waals surface area contributed by atoms with Gasteiger partial charge >= 0.3 is 0 Å². The molecule has 0 aliphatic heterocycles. The van der Waals surface area contributed by atoms with Gasteiger partial charge in [-0.2, -0.15) is 0 Å². The highest BCUT2D eigenvalue weighted by Gasteiger charge is 2.07. The van der Waals surface area contributed by atoms with Gasteiger partial charge in [-0.3, -0.25) is 9.59 Å². The number of hydrogen-bond acceptors (Lipinski definition) is 3. The first kappa shape index (κ1) is 17.1. The van der Waals surface area contributed by atoms with Crippen molar-refractivity contribution in [2.24, 2.45) is 0 Å². The molecule has 0 saturated heterocycles. The van der Waals surface area contributed by atoms with Gasteiger partial charge in [-0.15, -0.1) is 0 Å². The highest BCUT2D eigenvalue weighted by Crippen LogP contribution is 2.26. The average molecular weight is 353 g/mol. The van der Waals surface area contributed by atoms with Gasteiger partial charge < -0.3 is 15.4 Å². The number of benzene rings is 2. The second-order valence-electron chi connectivity index (χ2n) is 4.57. The lowest BCUT2D eigenvalue weighted by Crippen LogP contribution is -2.20. The monoisotopic (exact) mass is 352 g/mol. The normalized spacial score (nSPS) is 10.0. The van der Waals surface area contributed by atoms with E-state index in [1.54, 1.807) is 43.4 Å². The summed E-state index contributed by atoms with van der Waals surface area (Å²) in [4.78, 5) is 23.3. The summed E-state index contributed by atoms with van der Waals surface area (Å²) in [5.41, 5.74) is 1.08. The van der Waals surface area contributed by atoms with Crippen LogP contribution in [-0.2, 0) is 4.79 Å². The molecule has 0 spiro atoms. The van der Waals surface area contributed by atoms with Gasteiger partial charge in [0.05, 0.1) is 10.0 Å². The number of nitrogens with one attached hydrogen (secondary N) is 2. The van der Waals surface area contributed by atoms with Crippen molar-refractivity contribution in [1.82, 2.24) is 5.32 Å². The molecule has 0 unspecified atom stereocenters. The van der Waals surface area contributed by atoms with Gasteiger partial charge in [0.25, 0.3) is 11.8 Å². The molecule has 0 fully saturated rings. The van der Waals surface area contributed by atoms with Crippen molar-refractivity contribution >= 4 is 40.7 Å². The van der Waals surface area contributed by atoms with E-state index in [4.69, 9.17) is 27.9 Å². The van der Waals surface area contributed by atoms with Crippen molar-refractivity contribution in [3.8, 4) is 5.75 Å². The minimum atomic E-state index is -0.330. The van der Waals surface area contributed by atoms with E-state index in [1.165, 1.54) is 6.07 Å². The summed E-state index contributed by atoms with van der Waals surface area (Å²) >= 11 is 11.7. The van der Waals surface area contributed by atoms with Crippen molar-refractivity contribution in [2.75, 3.05) is 19.0 Å². The number of anilines is 1. The number of ether oxygens (including phenoxy) is 1. The van der Waals surface area contributed by atoms with Crippen LogP contribution in [0.4, 0.5) is 5.69 Å². The van der Waals surface area contributed by atoms with E-state index in [0.29, 0.717) is 27.0 Å². The highest BCUT2D eigenvalue weighted by atomic mass is 35.5. The summed E-state index contributed by atoms with van der Waals surface area (Å²) in [5, 5.41) is 5.96. The Labute approximate surface area is 143 Å². The SMILES string of the molecule is CNC(=O)c1ccc(NC(=O)COc2ccc(Cl)c(Cl)c2)cc1. The predicted octanol–water partition coefficient (Wildman–Crippen LogP) is 3.37. The number of carbonyl (C=O) groups excluding carboxylic acids is 2. The smallest absolute Gasteiger partial charge is 0.262 e. The van der Waals surface area contributed by atoms with Crippen molar-refractivity contribution in [3.05, 3.63) is 58.1 Å². The lowest BCUT2D eigenvalue weighted by Gasteiger charge is -2.08. The van der Waals surface area contributed by atoms with Gasteiger partial charge in [-0.05, 0) is 36.4 Å². The topological polar surface area (TPSA) is 67.4 Å². The number of amides is 2. The molecule has 2 aromatic carbocycles. The summed E-state index contributed by atoms with van der Waals surface area (Å²) in [7, 11) is 1.55. The molecule has 2 aromatic rings. The Morgan fingerprint density at radius 3 is 2.35 bits per heavy atom. The molecular formula is C16H14Cl2N2O3. The maximum absolute atomic E-state index is 11.8. The van der Waals surface area contributed by atoms with Crippen LogP contribution < -0.4 is 15.4 Å². The zero-order valence-corrected chi connectivity index (χ0v) is 13.7. The predicted molar refractivity (Wildman–Crippen MR) is 90.4 cm³/mol. The Hall–Kier alpha value is -2.24. The number of hydrogen-bond donors (Lipinski definition) is 2. The van der Waals surface area contributed by atoms with Crippen molar-refractivity contribution in [3.63, 3.8) is 0 Å². The molecule has 0 atom stereocenters. The zero-order chi connectivity index (χ0) is 16.8. The summed E-state index contributed by atoms with van der Waals surface area (Å²) in [6.07, 6.45) is 0. The Balaban J connectivity index is 1.89. The Morgan fingerprint density at radius 1 is 1.04 bits per heavy atom. The average Bonchev–Trinajstić information content (AvgIpc) is 2.56. The van der Waals surface area contributed by atoms with Gasteiger partial charge in [0.1, 0.15) is 5.75 Å². The molecule has 2 rings (SSSR count). The van der Waals surface area contributed by atoms with Crippen LogP contribution in [0.3, 0.4) is 0 Å². The first-order chi connectivity index (χ1) is 11.0. The van der Waals surface area contributed by atoms with E-state index in [1.807, 2.05) is 0 Å². The second kappa shape index (κ2) is 7.85. The number of carbonyl (C=O) groups is 2. The van der Waals surface area contributed by atoms with Gasteiger partial charge in [0.15, 0.2) is 6.61 Å². The largest absolute Gasteiger partial charge is 0.484 e. The van der Waals surface area contributed by atoms with Gasteiger partial charge in [0, 0.05) is 24.4 Å². The maximum atomic E-state index is 11.8. The van der Waals surface area contributed by atoms with E-state index in [9.17, 15) is 9.59 Å². The van der Waals surface area contributed by atoms with Crippen LogP contribution in [0.15, 0.2) is 42.5 Å². The molecule has 120 valence electrons. The summed E-state index contributed by atoms with van der Waals surface area (Å²) in [6, 6.07) is 11.3. The van der Waals surface area contributed by atoms with E-state index in [0.717, 1.165) is 0 Å². The summed E-state index contributed by atoms with van der Waals surface area (Å²) in [6.45, 7) is -0.171. The standard InChI is InChI=1S/C16H14Cl2N2O3/c1-19-16(22)10-2-4-11(5-3-10)20-15(21)9-23-12-6-7-13(17)14(18)8-12/h2-8H,9H2,1H3,(H,19,22)(H,20,21). The molecule has 0 aliphatic rings. The first-order valence-corrected chi connectivity index (χ1v) is 7.45. The van der Waals surface area contributed by atoms with Crippen LogP contribution >= 0.6 is 23.2 Å². The molecule has 7 heteroatoms. The van der Waals surface area contributed by atoms with Crippen molar-refractivity contribution < 1.29 is 14.3 Å². The third-order valence-electron chi connectivity index (χ3n) is 2.92. The van der Waals surface area contributed by atoms with Crippen LogP contribution in [0.5, 0.6) is 5.75 Å². The third kappa shape index (κ3) is 4.87. The van der Waals surface area contributed by atoms with Gasteiger partial charge in [-0.25, -0.2) is 0 Å². The Morgan fingerprint density at radius 2 is 1.74 bits per heavy atom. The lowest BCUT2D eigenvalue weighted by molar-refractivity contribution is -0.118. The van der Waals surface area contributed by atoms with Crippen LogP contribution in [0.2, 0.25) is 10.0 Å². The second-order valence-corrected chi connectivity index (χ2v) is 5.38. The molecule has 2 N–H and O–H groups in total. The Bertz CT molecular complexity index is 718. The molecule has 0 bridgehead atoms. The van der Waals surface area contributed by atoms with Gasteiger partial charge in [-0.1, -0.05) is 23.2 Å². The van der Waals surface area contributed by atoms with E-state index in [-0.39, 0.29) is 18.4 Å². The zero-order valence-electron chi connectivity index (χ0n) is 12.2. The number of halogens is 2. The fourth-order valence-corrected chi connectivity index (χ4v) is 2.05. The molecular weight excluding hydrogens is 339 g/mol. The van der Waals surface area contributed by atoms with E-state index < -0.39 is 0 Å². The first-order valence-electron chi connectivity index (χ1n) is 6.69. The van der Waals surface area contributed by atoms with Crippen LogP contribution in [-0.4, -0.2) is 25.5 Å². The molecule has 0 radical (unpaired) electrons. The van der Waals surface area contributed by atoms with E-state index >= 15 is 0 Å². The molecule has 0 aromatic heterocycles. The fraction of sp³-hybridized carbons (Fsp3) is 0.125. The van der Waals surface area contributed by atoms with Crippen LogP contribution in [0.25, 0.3) is 0 Å². The van der Waals surface area contributed by atoms with Crippen molar-refractivity contribution in [1.29, 1.82) is 0 Å². The fourth-order valence-electron chi connectivity index (χ4n) is 1.76.